The first-order valence-electron chi connectivity index (χ1n) is 6.22. The van der Waals surface area contributed by atoms with Crippen LogP contribution in [-0.2, 0) is 6.18 Å². The normalized spacial score (nSPS) is 11.4. The SMILES string of the molecule is CCNc1nc(Nc2ccc(Br)cc2F)cc(C(F)(F)F)n1. The summed E-state index contributed by atoms with van der Waals surface area (Å²) in [5.41, 5.74) is -1.10. The molecule has 0 radical (unpaired) electrons. The first kappa shape index (κ1) is 16.5. The fourth-order valence-electron chi connectivity index (χ4n) is 1.62. The number of hydrogen-bond donors (Lipinski definition) is 2. The minimum atomic E-state index is -4.62. The smallest absolute Gasteiger partial charge is 0.354 e. The van der Waals surface area contributed by atoms with Gasteiger partial charge in [0.05, 0.1) is 5.69 Å². The molecule has 0 fully saturated rings. The number of nitrogens with zero attached hydrogens (tertiary/aromatic N) is 2. The zero-order valence-electron chi connectivity index (χ0n) is 11.3. The highest BCUT2D eigenvalue weighted by atomic mass is 79.9. The lowest BCUT2D eigenvalue weighted by atomic mass is 10.3. The standard InChI is InChI=1S/C13H11BrF4N4/c1-2-19-12-21-10(13(16,17)18)6-11(22-12)20-9-4-3-7(14)5-8(9)15/h3-6H,2H2,1H3,(H2,19,20,21,22). The Morgan fingerprint density at radius 1 is 1.18 bits per heavy atom. The highest BCUT2D eigenvalue weighted by Gasteiger charge is 2.33. The van der Waals surface area contributed by atoms with Crippen LogP contribution in [0.3, 0.4) is 0 Å². The van der Waals surface area contributed by atoms with Gasteiger partial charge < -0.3 is 10.6 Å². The number of aromatic nitrogens is 2. The van der Waals surface area contributed by atoms with Gasteiger partial charge in [0.2, 0.25) is 5.95 Å². The summed E-state index contributed by atoms with van der Waals surface area (Å²) in [6, 6.07) is 4.87. The molecule has 2 aromatic rings. The minimum absolute atomic E-state index is 0.0115. The number of rotatable bonds is 4. The van der Waals surface area contributed by atoms with E-state index in [9.17, 15) is 17.6 Å². The van der Waals surface area contributed by atoms with E-state index in [0.717, 1.165) is 6.07 Å². The Hall–Kier alpha value is -1.90. The highest BCUT2D eigenvalue weighted by molar-refractivity contribution is 9.10. The fraction of sp³-hybridized carbons (Fsp3) is 0.231. The topological polar surface area (TPSA) is 49.8 Å². The number of hydrogen-bond acceptors (Lipinski definition) is 4. The van der Waals surface area contributed by atoms with Crippen LogP contribution in [0.4, 0.5) is 35.0 Å². The number of anilines is 3. The second-order valence-corrected chi connectivity index (χ2v) is 5.15. The zero-order valence-corrected chi connectivity index (χ0v) is 12.9. The number of alkyl halides is 3. The molecule has 2 rings (SSSR count). The molecule has 0 aliphatic heterocycles. The Morgan fingerprint density at radius 3 is 2.50 bits per heavy atom. The lowest BCUT2D eigenvalue weighted by Gasteiger charge is -2.12. The van der Waals surface area contributed by atoms with Crippen LogP contribution in [0, 0.1) is 5.82 Å². The van der Waals surface area contributed by atoms with E-state index in [1.54, 1.807) is 13.0 Å². The lowest BCUT2D eigenvalue weighted by molar-refractivity contribution is -0.141. The van der Waals surface area contributed by atoms with Crippen molar-refractivity contribution in [2.45, 2.75) is 13.1 Å². The van der Waals surface area contributed by atoms with Crippen molar-refractivity contribution >= 4 is 33.4 Å². The number of halogens is 5. The lowest BCUT2D eigenvalue weighted by Crippen LogP contribution is -2.13. The summed E-state index contributed by atoms with van der Waals surface area (Å²) in [4.78, 5) is 7.27. The molecule has 0 bridgehead atoms. The molecule has 1 aromatic carbocycles. The van der Waals surface area contributed by atoms with E-state index in [-0.39, 0.29) is 17.5 Å². The van der Waals surface area contributed by atoms with Gasteiger partial charge >= 0.3 is 6.18 Å². The van der Waals surface area contributed by atoms with Crippen molar-refractivity contribution in [1.29, 1.82) is 0 Å². The second kappa shape index (κ2) is 6.47. The fourth-order valence-corrected chi connectivity index (χ4v) is 1.96. The molecule has 0 atom stereocenters. The van der Waals surface area contributed by atoms with Crippen LogP contribution in [-0.4, -0.2) is 16.5 Å². The van der Waals surface area contributed by atoms with E-state index in [1.165, 1.54) is 12.1 Å². The summed E-state index contributed by atoms with van der Waals surface area (Å²) in [6.07, 6.45) is -4.62. The molecule has 0 saturated carbocycles. The maximum absolute atomic E-state index is 13.7. The van der Waals surface area contributed by atoms with E-state index in [2.05, 4.69) is 36.5 Å². The van der Waals surface area contributed by atoms with Crippen LogP contribution >= 0.6 is 15.9 Å². The van der Waals surface area contributed by atoms with Gasteiger partial charge in [0.1, 0.15) is 11.6 Å². The highest BCUT2D eigenvalue weighted by Crippen LogP contribution is 2.31. The van der Waals surface area contributed by atoms with E-state index in [4.69, 9.17) is 0 Å². The summed E-state index contributed by atoms with van der Waals surface area (Å²) in [5, 5.41) is 5.13. The van der Waals surface area contributed by atoms with Crippen molar-refractivity contribution in [3.05, 3.63) is 40.2 Å². The van der Waals surface area contributed by atoms with Crippen LogP contribution in [0.1, 0.15) is 12.6 Å². The van der Waals surface area contributed by atoms with Crippen molar-refractivity contribution in [1.82, 2.24) is 9.97 Å². The molecule has 0 saturated heterocycles. The van der Waals surface area contributed by atoms with Gasteiger partial charge in [-0.3, -0.25) is 0 Å². The van der Waals surface area contributed by atoms with Gasteiger partial charge in [0.25, 0.3) is 0 Å². The quantitative estimate of drug-likeness (QED) is 0.765. The number of benzene rings is 1. The Labute approximate surface area is 132 Å². The molecule has 0 aliphatic carbocycles. The van der Waals surface area contributed by atoms with Crippen LogP contribution in [0.2, 0.25) is 0 Å². The third-order valence-corrected chi connectivity index (χ3v) is 3.04. The molecule has 1 aromatic heterocycles. The third-order valence-electron chi connectivity index (χ3n) is 2.55. The Balaban J connectivity index is 2.39. The van der Waals surface area contributed by atoms with Crippen molar-refractivity contribution < 1.29 is 17.6 Å². The molecule has 0 spiro atoms. The summed E-state index contributed by atoms with van der Waals surface area (Å²) in [6.45, 7) is 2.05. The Kier molecular flexibility index (Phi) is 4.84. The van der Waals surface area contributed by atoms with Crippen LogP contribution < -0.4 is 10.6 Å². The van der Waals surface area contributed by atoms with E-state index in [0.29, 0.717) is 11.0 Å². The molecule has 2 N–H and O–H groups in total. The van der Waals surface area contributed by atoms with Gasteiger partial charge in [0, 0.05) is 17.1 Å². The van der Waals surface area contributed by atoms with Crippen molar-refractivity contribution in [2.24, 2.45) is 0 Å². The summed E-state index contributed by atoms with van der Waals surface area (Å²) < 4.78 is 52.8. The van der Waals surface area contributed by atoms with Gasteiger partial charge in [-0.1, -0.05) is 15.9 Å². The predicted molar refractivity (Wildman–Crippen MR) is 78.6 cm³/mol. The first-order chi connectivity index (χ1) is 10.3. The van der Waals surface area contributed by atoms with Crippen molar-refractivity contribution in [2.75, 3.05) is 17.2 Å². The summed E-state index contributed by atoms with van der Waals surface area (Å²) in [5.74, 6) is -0.955. The van der Waals surface area contributed by atoms with Gasteiger partial charge in [-0.05, 0) is 25.1 Å². The zero-order chi connectivity index (χ0) is 16.3. The molecule has 0 aliphatic rings. The average molecular weight is 379 g/mol. The molecule has 22 heavy (non-hydrogen) atoms. The maximum Gasteiger partial charge on any atom is 0.433 e. The minimum Gasteiger partial charge on any atom is -0.354 e. The third kappa shape index (κ3) is 4.06. The molecule has 118 valence electrons. The Morgan fingerprint density at radius 2 is 1.91 bits per heavy atom. The Bertz CT molecular complexity index is 676. The molecular weight excluding hydrogens is 368 g/mol. The monoisotopic (exact) mass is 378 g/mol. The molecule has 0 amide bonds. The van der Waals surface area contributed by atoms with Gasteiger partial charge in [0.15, 0.2) is 5.69 Å². The molecule has 4 nitrogen and oxygen atoms in total. The molecule has 0 unspecified atom stereocenters. The molecule has 1 heterocycles. The van der Waals surface area contributed by atoms with Crippen LogP contribution in [0.5, 0.6) is 0 Å². The van der Waals surface area contributed by atoms with Crippen molar-refractivity contribution in [3.8, 4) is 0 Å². The summed E-state index contributed by atoms with van der Waals surface area (Å²) >= 11 is 3.10. The van der Waals surface area contributed by atoms with E-state index >= 15 is 0 Å². The maximum atomic E-state index is 13.7. The van der Waals surface area contributed by atoms with E-state index in [1.807, 2.05) is 0 Å². The summed E-state index contributed by atoms with van der Waals surface area (Å²) in [7, 11) is 0. The van der Waals surface area contributed by atoms with Crippen LogP contribution in [0.15, 0.2) is 28.7 Å². The van der Waals surface area contributed by atoms with Crippen molar-refractivity contribution in [3.63, 3.8) is 0 Å². The first-order valence-corrected chi connectivity index (χ1v) is 7.01. The largest absolute Gasteiger partial charge is 0.433 e. The van der Waals surface area contributed by atoms with E-state index < -0.39 is 17.7 Å². The van der Waals surface area contributed by atoms with Gasteiger partial charge in [-0.25, -0.2) is 9.37 Å². The second-order valence-electron chi connectivity index (χ2n) is 4.24. The average Bonchev–Trinajstić information content (AvgIpc) is 2.41. The van der Waals surface area contributed by atoms with Crippen LogP contribution in [0.25, 0.3) is 0 Å². The predicted octanol–water partition coefficient (Wildman–Crippen LogP) is 4.57. The molecular formula is C13H11BrF4N4. The number of nitrogens with one attached hydrogen (secondary N) is 2. The van der Waals surface area contributed by atoms with Gasteiger partial charge in [-0.15, -0.1) is 0 Å². The van der Waals surface area contributed by atoms with Gasteiger partial charge in [-0.2, -0.15) is 18.2 Å². The molecule has 9 heteroatoms.